The SMILES string of the molecule is Br.COc1cccc(OC)c1C(C)C. The van der Waals surface area contributed by atoms with Gasteiger partial charge in [-0.2, -0.15) is 0 Å². The van der Waals surface area contributed by atoms with Crippen LogP contribution < -0.4 is 9.47 Å². The van der Waals surface area contributed by atoms with E-state index in [-0.39, 0.29) is 17.0 Å². The Morgan fingerprint density at radius 2 is 1.43 bits per heavy atom. The fourth-order valence-electron chi connectivity index (χ4n) is 1.45. The highest BCUT2D eigenvalue weighted by atomic mass is 79.9. The van der Waals surface area contributed by atoms with Crippen LogP contribution in [0.3, 0.4) is 0 Å². The molecule has 0 aliphatic heterocycles. The molecule has 0 N–H and O–H groups in total. The molecule has 0 heterocycles. The second-order valence-corrected chi connectivity index (χ2v) is 3.23. The molecule has 1 aromatic rings. The van der Waals surface area contributed by atoms with E-state index < -0.39 is 0 Å². The van der Waals surface area contributed by atoms with E-state index in [9.17, 15) is 0 Å². The first-order valence-electron chi connectivity index (χ1n) is 4.41. The van der Waals surface area contributed by atoms with Gasteiger partial charge in [-0.1, -0.05) is 19.9 Å². The predicted octanol–water partition coefficient (Wildman–Crippen LogP) is 3.41. The average Bonchev–Trinajstić information content (AvgIpc) is 2.16. The molecule has 1 rings (SSSR count). The summed E-state index contributed by atoms with van der Waals surface area (Å²) in [6.07, 6.45) is 0. The van der Waals surface area contributed by atoms with Crippen LogP contribution in [0.15, 0.2) is 18.2 Å². The van der Waals surface area contributed by atoms with Gasteiger partial charge in [-0.05, 0) is 18.1 Å². The molecule has 0 bridgehead atoms. The monoisotopic (exact) mass is 260 g/mol. The number of halogens is 1. The van der Waals surface area contributed by atoms with E-state index in [4.69, 9.17) is 9.47 Å². The fourth-order valence-corrected chi connectivity index (χ4v) is 1.45. The highest BCUT2D eigenvalue weighted by Crippen LogP contribution is 2.34. The van der Waals surface area contributed by atoms with E-state index in [0.717, 1.165) is 17.1 Å². The molecule has 0 saturated carbocycles. The van der Waals surface area contributed by atoms with E-state index in [1.165, 1.54) is 0 Å². The van der Waals surface area contributed by atoms with Crippen molar-refractivity contribution in [2.24, 2.45) is 0 Å². The van der Waals surface area contributed by atoms with Crippen LogP contribution in [0.25, 0.3) is 0 Å². The van der Waals surface area contributed by atoms with Crippen LogP contribution in [0.4, 0.5) is 0 Å². The van der Waals surface area contributed by atoms with Crippen LogP contribution in [0.1, 0.15) is 25.3 Å². The van der Waals surface area contributed by atoms with Crippen LogP contribution in [-0.2, 0) is 0 Å². The van der Waals surface area contributed by atoms with Gasteiger partial charge >= 0.3 is 0 Å². The Balaban J connectivity index is 0.00000169. The Bertz CT molecular complexity index is 262. The van der Waals surface area contributed by atoms with E-state index >= 15 is 0 Å². The Hall–Kier alpha value is -0.700. The summed E-state index contributed by atoms with van der Waals surface area (Å²) in [5, 5.41) is 0. The molecule has 0 aliphatic rings. The first-order valence-corrected chi connectivity index (χ1v) is 4.41. The number of benzene rings is 1. The Labute approximate surface area is 96.0 Å². The lowest BCUT2D eigenvalue weighted by Crippen LogP contribution is -1.98. The van der Waals surface area contributed by atoms with Crippen molar-refractivity contribution >= 4 is 17.0 Å². The second kappa shape index (κ2) is 5.91. The van der Waals surface area contributed by atoms with Crippen molar-refractivity contribution in [3.8, 4) is 11.5 Å². The first-order chi connectivity index (χ1) is 6.20. The molecular formula is C11H17BrO2. The van der Waals surface area contributed by atoms with Crippen LogP contribution >= 0.6 is 17.0 Å². The lowest BCUT2D eigenvalue weighted by molar-refractivity contribution is 0.382. The van der Waals surface area contributed by atoms with Crippen molar-refractivity contribution < 1.29 is 9.47 Å². The lowest BCUT2D eigenvalue weighted by Gasteiger charge is -2.15. The molecule has 0 fully saturated rings. The van der Waals surface area contributed by atoms with Crippen LogP contribution in [-0.4, -0.2) is 14.2 Å². The van der Waals surface area contributed by atoms with E-state index in [1.54, 1.807) is 14.2 Å². The molecule has 0 amide bonds. The summed E-state index contributed by atoms with van der Waals surface area (Å²) >= 11 is 0. The zero-order chi connectivity index (χ0) is 9.84. The van der Waals surface area contributed by atoms with E-state index in [0.29, 0.717) is 5.92 Å². The summed E-state index contributed by atoms with van der Waals surface area (Å²) in [5.41, 5.74) is 1.13. The van der Waals surface area contributed by atoms with Gasteiger partial charge in [-0.25, -0.2) is 0 Å². The van der Waals surface area contributed by atoms with Gasteiger partial charge in [0.1, 0.15) is 11.5 Å². The van der Waals surface area contributed by atoms with Crippen molar-refractivity contribution in [2.75, 3.05) is 14.2 Å². The number of ether oxygens (including phenoxy) is 2. The Morgan fingerprint density at radius 3 is 1.71 bits per heavy atom. The summed E-state index contributed by atoms with van der Waals surface area (Å²) in [5.74, 6) is 2.20. The smallest absolute Gasteiger partial charge is 0.126 e. The van der Waals surface area contributed by atoms with Crippen LogP contribution in [0.2, 0.25) is 0 Å². The highest BCUT2D eigenvalue weighted by Gasteiger charge is 2.12. The van der Waals surface area contributed by atoms with Crippen molar-refractivity contribution in [3.05, 3.63) is 23.8 Å². The van der Waals surface area contributed by atoms with Gasteiger partial charge in [0.25, 0.3) is 0 Å². The number of hydrogen-bond donors (Lipinski definition) is 0. The summed E-state index contributed by atoms with van der Waals surface area (Å²) < 4.78 is 10.5. The molecule has 0 spiro atoms. The maximum Gasteiger partial charge on any atom is 0.126 e. The molecule has 0 aliphatic carbocycles. The molecule has 0 atom stereocenters. The number of hydrogen-bond acceptors (Lipinski definition) is 2. The first kappa shape index (κ1) is 13.3. The molecule has 14 heavy (non-hydrogen) atoms. The molecule has 1 aromatic carbocycles. The third kappa shape index (κ3) is 2.64. The standard InChI is InChI=1S/C11H16O2.BrH/c1-8(2)11-9(12-3)6-5-7-10(11)13-4;/h5-8H,1-4H3;1H. The van der Waals surface area contributed by atoms with Gasteiger partial charge in [0, 0.05) is 5.56 Å². The molecule has 80 valence electrons. The van der Waals surface area contributed by atoms with Gasteiger partial charge in [0.2, 0.25) is 0 Å². The van der Waals surface area contributed by atoms with Crippen molar-refractivity contribution in [3.63, 3.8) is 0 Å². The topological polar surface area (TPSA) is 18.5 Å². The molecule has 3 heteroatoms. The molecule has 0 aromatic heterocycles. The minimum absolute atomic E-state index is 0. The van der Waals surface area contributed by atoms with Gasteiger partial charge in [-0.15, -0.1) is 17.0 Å². The zero-order valence-electron chi connectivity index (χ0n) is 9.03. The van der Waals surface area contributed by atoms with Gasteiger partial charge in [0.15, 0.2) is 0 Å². The van der Waals surface area contributed by atoms with Gasteiger partial charge < -0.3 is 9.47 Å². The maximum absolute atomic E-state index is 5.27. The Morgan fingerprint density at radius 1 is 1.00 bits per heavy atom. The molecular weight excluding hydrogens is 244 g/mol. The highest BCUT2D eigenvalue weighted by molar-refractivity contribution is 8.93. The summed E-state index contributed by atoms with van der Waals surface area (Å²) in [6, 6.07) is 5.85. The predicted molar refractivity (Wildman–Crippen MR) is 64.0 cm³/mol. The van der Waals surface area contributed by atoms with E-state index in [2.05, 4.69) is 13.8 Å². The molecule has 2 nitrogen and oxygen atoms in total. The number of rotatable bonds is 3. The van der Waals surface area contributed by atoms with Crippen LogP contribution in [0, 0.1) is 0 Å². The largest absolute Gasteiger partial charge is 0.496 e. The third-order valence-electron chi connectivity index (χ3n) is 2.04. The fraction of sp³-hybridized carbons (Fsp3) is 0.455. The van der Waals surface area contributed by atoms with Gasteiger partial charge in [0.05, 0.1) is 14.2 Å². The average molecular weight is 261 g/mol. The van der Waals surface area contributed by atoms with Crippen molar-refractivity contribution in [2.45, 2.75) is 19.8 Å². The minimum Gasteiger partial charge on any atom is -0.496 e. The summed E-state index contributed by atoms with van der Waals surface area (Å²) in [4.78, 5) is 0. The van der Waals surface area contributed by atoms with Crippen molar-refractivity contribution in [1.82, 2.24) is 0 Å². The summed E-state index contributed by atoms with van der Waals surface area (Å²) in [7, 11) is 3.36. The zero-order valence-corrected chi connectivity index (χ0v) is 10.7. The van der Waals surface area contributed by atoms with Crippen molar-refractivity contribution in [1.29, 1.82) is 0 Å². The summed E-state index contributed by atoms with van der Waals surface area (Å²) in [6.45, 7) is 4.25. The van der Waals surface area contributed by atoms with Gasteiger partial charge in [-0.3, -0.25) is 0 Å². The van der Waals surface area contributed by atoms with E-state index in [1.807, 2.05) is 18.2 Å². The van der Waals surface area contributed by atoms with Crippen LogP contribution in [0.5, 0.6) is 11.5 Å². The quantitative estimate of drug-likeness (QED) is 0.830. The third-order valence-corrected chi connectivity index (χ3v) is 2.04. The minimum atomic E-state index is 0. The number of methoxy groups -OCH3 is 2. The normalized spacial score (nSPS) is 9.50. The second-order valence-electron chi connectivity index (χ2n) is 3.23. The molecule has 0 saturated heterocycles. The lowest BCUT2D eigenvalue weighted by atomic mass is 10.0. The maximum atomic E-state index is 5.27. The molecule has 0 radical (unpaired) electrons. The molecule has 0 unspecified atom stereocenters. The Kier molecular flexibility index (Phi) is 5.62.